The van der Waals surface area contributed by atoms with Crippen molar-refractivity contribution >= 4 is 17.2 Å². The lowest BCUT2D eigenvalue weighted by Gasteiger charge is -2.47. The van der Waals surface area contributed by atoms with E-state index < -0.39 is 12.0 Å². The fraction of sp³-hybridized carbons (Fsp3) is 0.500. The monoisotopic (exact) mass is 287 g/mol. The van der Waals surface area contributed by atoms with Gasteiger partial charge in [-0.15, -0.1) is 0 Å². The second-order valence-electron chi connectivity index (χ2n) is 6.90. The molecule has 0 fully saturated rings. The number of allylic oxidation sites excluding steroid dienone is 1. The number of anilines is 1. The molecule has 1 aromatic rings. The van der Waals surface area contributed by atoms with Crippen molar-refractivity contribution in [3.05, 3.63) is 35.4 Å². The summed E-state index contributed by atoms with van der Waals surface area (Å²) in [7, 11) is 0. The van der Waals surface area contributed by atoms with E-state index in [9.17, 15) is 9.90 Å². The van der Waals surface area contributed by atoms with Gasteiger partial charge in [-0.05, 0) is 51.3 Å². The Hall–Kier alpha value is -1.77. The maximum Gasteiger partial charge on any atom is 0.326 e. The molecular weight excluding hydrogens is 262 g/mol. The number of carboxylic acid groups (broad SMARTS) is 1. The number of hydrogen-bond donors (Lipinski definition) is 1. The molecule has 0 spiro atoms. The Bertz CT molecular complexity index is 599. The van der Waals surface area contributed by atoms with Crippen molar-refractivity contribution in [1.29, 1.82) is 0 Å². The van der Waals surface area contributed by atoms with Gasteiger partial charge < -0.3 is 10.0 Å². The number of carboxylic acids is 1. The minimum Gasteiger partial charge on any atom is -0.480 e. The second kappa shape index (κ2) is 5.21. The summed E-state index contributed by atoms with van der Waals surface area (Å²) < 4.78 is 0. The van der Waals surface area contributed by atoms with Gasteiger partial charge in [-0.2, -0.15) is 0 Å². The summed E-state index contributed by atoms with van der Waals surface area (Å²) in [6, 6.07) is 5.72. The van der Waals surface area contributed by atoms with Gasteiger partial charge in [0.1, 0.15) is 6.04 Å². The van der Waals surface area contributed by atoms with Crippen molar-refractivity contribution in [2.45, 2.75) is 53.1 Å². The van der Waals surface area contributed by atoms with E-state index >= 15 is 0 Å². The smallest absolute Gasteiger partial charge is 0.326 e. The van der Waals surface area contributed by atoms with E-state index in [-0.39, 0.29) is 11.5 Å². The third kappa shape index (κ3) is 2.69. The molecule has 0 radical (unpaired) electrons. The zero-order valence-corrected chi connectivity index (χ0v) is 13.8. The normalized spacial score (nSPS) is 18.2. The number of nitrogens with zero attached hydrogens (tertiary/aromatic N) is 1. The SMILES string of the molecule is CC1=CC(C)(C)N([C@@H](C(=O)O)C(C)C)c2ccc(C)cc21. The van der Waals surface area contributed by atoms with Crippen LogP contribution in [-0.2, 0) is 4.79 Å². The molecule has 0 aliphatic carbocycles. The van der Waals surface area contributed by atoms with Crippen LogP contribution in [0.3, 0.4) is 0 Å². The minimum atomic E-state index is -0.766. The lowest BCUT2D eigenvalue weighted by atomic mass is 9.84. The summed E-state index contributed by atoms with van der Waals surface area (Å²) in [4.78, 5) is 13.9. The van der Waals surface area contributed by atoms with Gasteiger partial charge in [0.15, 0.2) is 0 Å². The Morgan fingerprint density at radius 3 is 2.38 bits per heavy atom. The highest BCUT2D eigenvalue weighted by molar-refractivity contribution is 5.87. The molecule has 0 unspecified atom stereocenters. The molecule has 0 saturated carbocycles. The standard InChI is InChI=1S/C18H25NO2/c1-11(2)16(17(20)21)19-15-8-7-12(3)9-14(15)13(4)10-18(19,5)6/h7-11,16H,1-6H3,(H,20,21)/t16-/m1/s1. The van der Waals surface area contributed by atoms with Crippen molar-refractivity contribution in [2.24, 2.45) is 5.92 Å². The van der Waals surface area contributed by atoms with E-state index in [2.05, 4.69) is 56.9 Å². The van der Waals surface area contributed by atoms with Gasteiger partial charge in [0.05, 0.1) is 5.54 Å². The molecule has 3 nitrogen and oxygen atoms in total. The zero-order valence-electron chi connectivity index (χ0n) is 13.8. The van der Waals surface area contributed by atoms with Gasteiger partial charge in [-0.1, -0.05) is 31.6 Å². The molecule has 2 rings (SSSR count). The van der Waals surface area contributed by atoms with Crippen LogP contribution >= 0.6 is 0 Å². The molecular formula is C18H25NO2. The van der Waals surface area contributed by atoms with Gasteiger partial charge in [0.2, 0.25) is 0 Å². The number of benzene rings is 1. The number of fused-ring (bicyclic) bond motifs is 1. The highest BCUT2D eigenvalue weighted by Gasteiger charge is 2.40. The van der Waals surface area contributed by atoms with Crippen LogP contribution in [0.25, 0.3) is 5.57 Å². The average molecular weight is 287 g/mol. The molecule has 114 valence electrons. The lowest BCUT2D eigenvalue weighted by Crippen LogP contribution is -2.56. The first kappa shape index (κ1) is 15.6. The van der Waals surface area contributed by atoms with Crippen molar-refractivity contribution in [2.75, 3.05) is 4.90 Å². The first-order chi connectivity index (χ1) is 9.65. The molecule has 1 aromatic carbocycles. The fourth-order valence-electron chi connectivity index (χ4n) is 3.37. The molecule has 1 aliphatic rings. The maximum atomic E-state index is 11.8. The summed E-state index contributed by atoms with van der Waals surface area (Å²) in [5.74, 6) is -0.736. The van der Waals surface area contributed by atoms with Gasteiger partial charge in [-0.25, -0.2) is 4.79 Å². The van der Waals surface area contributed by atoms with Crippen LogP contribution in [0.15, 0.2) is 24.3 Å². The second-order valence-corrected chi connectivity index (χ2v) is 6.90. The van der Waals surface area contributed by atoms with Gasteiger partial charge in [-0.3, -0.25) is 0 Å². The predicted molar refractivity (Wildman–Crippen MR) is 87.6 cm³/mol. The summed E-state index contributed by atoms with van der Waals surface area (Å²) in [6.45, 7) is 12.3. The van der Waals surface area contributed by atoms with Crippen molar-refractivity contribution < 1.29 is 9.90 Å². The predicted octanol–water partition coefficient (Wildman–Crippen LogP) is 4.11. The van der Waals surface area contributed by atoms with Gasteiger partial charge in [0, 0.05) is 11.3 Å². The van der Waals surface area contributed by atoms with Crippen LogP contribution in [0.1, 0.15) is 45.7 Å². The van der Waals surface area contributed by atoms with Crippen LogP contribution in [0, 0.1) is 12.8 Å². The van der Waals surface area contributed by atoms with E-state index in [0.717, 1.165) is 11.3 Å². The molecule has 1 atom stereocenters. The van der Waals surface area contributed by atoms with Crippen molar-refractivity contribution in [3.8, 4) is 0 Å². The van der Waals surface area contributed by atoms with Crippen LogP contribution < -0.4 is 4.90 Å². The van der Waals surface area contributed by atoms with E-state index in [0.29, 0.717) is 0 Å². The number of rotatable bonds is 3. The Kier molecular flexibility index (Phi) is 3.87. The first-order valence-corrected chi connectivity index (χ1v) is 7.48. The Morgan fingerprint density at radius 1 is 1.24 bits per heavy atom. The van der Waals surface area contributed by atoms with Crippen LogP contribution in [-0.4, -0.2) is 22.7 Å². The number of carbonyl (C=O) groups is 1. The number of aryl methyl sites for hydroxylation is 1. The quantitative estimate of drug-likeness (QED) is 0.909. The molecule has 1 N–H and O–H groups in total. The molecule has 0 aromatic heterocycles. The van der Waals surface area contributed by atoms with Crippen molar-refractivity contribution in [3.63, 3.8) is 0 Å². The molecule has 1 aliphatic heterocycles. The van der Waals surface area contributed by atoms with E-state index in [4.69, 9.17) is 0 Å². The van der Waals surface area contributed by atoms with Crippen LogP contribution in [0.4, 0.5) is 5.69 Å². The molecule has 3 heteroatoms. The van der Waals surface area contributed by atoms with Gasteiger partial charge >= 0.3 is 5.97 Å². The molecule has 0 amide bonds. The number of aliphatic carboxylic acids is 1. The summed E-state index contributed by atoms with van der Waals surface area (Å²) >= 11 is 0. The molecule has 21 heavy (non-hydrogen) atoms. The first-order valence-electron chi connectivity index (χ1n) is 7.48. The fourth-order valence-corrected chi connectivity index (χ4v) is 3.37. The van der Waals surface area contributed by atoms with Crippen LogP contribution in [0.5, 0.6) is 0 Å². The highest BCUT2D eigenvalue weighted by Crippen LogP contribution is 2.41. The third-order valence-electron chi connectivity index (χ3n) is 4.19. The molecule has 1 heterocycles. The van der Waals surface area contributed by atoms with Crippen molar-refractivity contribution in [1.82, 2.24) is 0 Å². The average Bonchev–Trinajstić information content (AvgIpc) is 2.33. The summed E-state index contributed by atoms with van der Waals surface area (Å²) in [6.07, 6.45) is 2.17. The van der Waals surface area contributed by atoms with E-state index in [1.807, 2.05) is 13.8 Å². The highest BCUT2D eigenvalue weighted by atomic mass is 16.4. The summed E-state index contributed by atoms with van der Waals surface area (Å²) in [5.41, 5.74) is 4.24. The number of hydrogen-bond acceptors (Lipinski definition) is 2. The molecule has 0 bridgehead atoms. The zero-order chi connectivity index (χ0) is 15.9. The van der Waals surface area contributed by atoms with Crippen LogP contribution in [0.2, 0.25) is 0 Å². The largest absolute Gasteiger partial charge is 0.480 e. The summed E-state index contributed by atoms with van der Waals surface area (Å²) in [5, 5.41) is 9.71. The topological polar surface area (TPSA) is 40.5 Å². The third-order valence-corrected chi connectivity index (χ3v) is 4.19. The van der Waals surface area contributed by atoms with E-state index in [1.165, 1.54) is 11.1 Å². The Labute approximate surface area is 127 Å². The maximum absolute atomic E-state index is 11.8. The lowest BCUT2D eigenvalue weighted by molar-refractivity contribution is -0.140. The molecule has 0 saturated heterocycles. The Balaban J connectivity index is 2.67. The van der Waals surface area contributed by atoms with Gasteiger partial charge in [0.25, 0.3) is 0 Å². The minimum absolute atomic E-state index is 0.0303. The Morgan fingerprint density at radius 2 is 1.86 bits per heavy atom. The van der Waals surface area contributed by atoms with E-state index in [1.54, 1.807) is 0 Å².